The lowest BCUT2D eigenvalue weighted by atomic mass is 10.3. The predicted molar refractivity (Wildman–Crippen MR) is 80.0 cm³/mol. The highest BCUT2D eigenvalue weighted by atomic mass is 32.2. The lowest BCUT2D eigenvalue weighted by Gasteiger charge is -2.21. The molecule has 0 saturated carbocycles. The van der Waals surface area contributed by atoms with Gasteiger partial charge >= 0.3 is 0 Å². The topological polar surface area (TPSA) is 63.8 Å². The Morgan fingerprint density at radius 2 is 2.47 bits per heavy atom. The normalized spacial score (nSPS) is 19.9. The molecule has 2 heterocycles. The van der Waals surface area contributed by atoms with E-state index in [4.69, 9.17) is 18.0 Å². The second kappa shape index (κ2) is 6.42. The zero-order valence-electron chi connectivity index (χ0n) is 9.26. The Hall–Kier alpha value is -0.530. The molecule has 1 atom stereocenters. The van der Waals surface area contributed by atoms with E-state index in [1.807, 2.05) is 23.5 Å². The van der Waals surface area contributed by atoms with Crippen LogP contribution in [0.3, 0.4) is 0 Å². The van der Waals surface area contributed by atoms with Crippen molar-refractivity contribution in [2.75, 3.05) is 29.1 Å². The number of rotatable bonds is 4. The van der Waals surface area contributed by atoms with Crippen LogP contribution in [0.25, 0.3) is 0 Å². The van der Waals surface area contributed by atoms with E-state index in [0.717, 1.165) is 12.1 Å². The SMILES string of the molecule is NC(=S)c1ccnnc1NCC1CSCCS1. The molecule has 0 aliphatic carbocycles. The number of aromatic nitrogens is 2. The first-order valence-electron chi connectivity index (χ1n) is 5.32. The zero-order chi connectivity index (χ0) is 12.1. The molecule has 0 radical (unpaired) electrons. The van der Waals surface area contributed by atoms with Gasteiger partial charge < -0.3 is 11.1 Å². The third-order valence-electron chi connectivity index (χ3n) is 2.37. The average molecular weight is 286 g/mol. The summed E-state index contributed by atoms with van der Waals surface area (Å²) in [7, 11) is 0. The van der Waals surface area contributed by atoms with E-state index in [2.05, 4.69) is 15.5 Å². The van der Waals surface area contributed by atoms with Gasteiger partial charge in [-0.15, -0.1) is 5.10 Å². The van der Waals surface area contributed by atoms with E-state index in [-0.39, 0.29) is 0 Å². The molecule has 1 aliphatic heterocycles. The van der Waals surface area contributed by atoms with Gasteiger partial charge in [0.25, 0.3) is 0 Å². The molecular formula is C10H14N4S3. The van der Waals surface area contributed by atoms with Crippen LogP contribution in [-0.2, 0) is 0 Å². The first-order chi connectivity index (χ1) is 8.27. The molecule has 1 aliphatic rings. The molecular weight excluding hydrogens is 272 g/mol. The lowest BCUT2D eigenvalue weighted by molar-refractivity contribution is 0.958. The quantitative estimate of drug-likeness (QED) is 0.811. The van der Waals surface area contributed by atoms with Crippen molar-refractivity contribution in [1.82, 2.24) is 10.2 Å². The highest BCUT2D eigenvalue weighted by Gasteiger charge is 2.15. The summed E-state index contributed by atoms with van der Waals surface area (Å²) in [6.45, 7) is 0.881. The number of nitrogens with two attached hydrogens (primary N) is 1. The molecule has 0 bridgehead atoms. The minimum absolute atomic E-state index is 0.355. The molecule has 2 rings (SSSR count). The summed E-state index contributed by atoms with van der Waals surface area (Å²) in [5.41, 5.74) is 6.40. The van der Waals surface area contributed by atoms with Gasteiger partial charge in [0.2, 0.25) is 0 Å². The van der Waals surface area contributed by atoms with Crippen LogP contribution < -0.4 is 11.1 Å². The van der Waals surface area contributed by atoms with Crippen molar-refractivity contribution in [1.29, 1.82) is 0 Å². The second-order valence-corrected chi connectivity index (χ2v) is 6.60. The maximum absolute atomic E-state index is 5.64. The molecule has 1 aromatic heterocycles. The summed E-state index contributed by atoms with van der Waals surface area (Å²) in [5, 5.41) is 11.8. The minimum Gasteiger partial charge on any atom is -0.389 e. The van der Waals surface area contributed by atoms with Crippen LogP contribution in [0.1, 0.15) is 5.56 Å². The molecule has 3 N–H and O–H groups in total. The van der Waals surface area contributed by atoms with Crippen LogP contribution in [0.4, 0.5) is 5.82 Å². The van der Waals surface area contributed by atoms with Crippen molar-refractivity contribution in [2.24, 2.45) is 5.73 Å². The Labute approximate surface area is 115 Å². The van der Waals surface area contributed by atoms with Gasteiger partial charge in [-0.05, 0) is 6.07 Å². The van der Waals surface area contributed by atoms with E-state index in [1.165, 1.54) is 17.3 Å². The number of nitrogens with one attached hydrogen (secondary N) is 1. The first-order valence-corrected chi connectivity index (χ1v) is 7.93. The van der Waals surface area contributed by atoms with Gasteiger partial charge in [-0.1, -0.05) is 12.2 Å². The number of thioether (sulfide) groups is 2. The van der Waals surface area contributed by atoms with Crippen molar-refractivity contribution in [3.63, 3.8) is 0 Å². The summed E-state index contributed by atoms with van der Waals surface area (Å²) in [6, 6.07) is 1.79. The monoisotopic (exact) mass is 286 g/mol. The standard InChI is InChI=1S/C10H14N4S3/c11-9(15)8-1-2-13-14-10(8)12-5-7-6-16-3-4-17-7/h1-2,7H,3-6H2,(H2,11,15)(H,12,14). The van der Waals surface area contributed by atoms with Crippen molar-refractivity contribution >= 4 is 46.5 Å². The Bertz CT molecular complexity index is 393. The van der Waals surface area contributed by atoms with Crippen LogP contribution in [0, 0.1) is 0 Å². The van der Waals surface area contributed by atoms with Gasteiger partial charge in [0.15, 0.2) is 5.82 Å². The zero-order valence-corrected chi connectivity index (χ0v) is 11.7. The molecule has 92 valence electrons. The molecule has 1 fully saturated rings. The predicted octanol–water partition coefficient (Wildman–Crippen LogP) is 1.37. The second-order valence-electron chi connectivity index (χ2n) is 3.61. The Balaban J connectivity index is 1.96. The molecule has 0 aromatic carbocycles. The first kappa shape index (κ1) is 12.9. The Kier molecular flexibility index (Phi) is 4.87. The third-order valence-corrected chi connectivity index (χ3v) is 5.43. The smallest absolute Gasteiger partial charge is 0.158 e. The minimum atomic E-state index is 0.355. The number of nitrogens with zero attached hydrogens (tertiary/aromatic N) is 2. The molecule has 1 saturated heterocycles. The van der Waals surface area contributed by atoms with E-state index in [1.54, 1.807) is 12.3 Å². The van der Waals surface area contributed by atoms with Crippen LogP contribution >= 0.6 is 35.7 Å². The molecule has 17 heavy (non-hydrogen) atoms. The van der Waals surface area contributed by atoms with E-state index in [9.17, 15) is 0 Å². The third kappa shape index (κ3) is 3.72. The van der Waals surface area contributed by atoms with Gasteiger partial charge in [-0.25, -0.2) is 0 Å². The summed E-state index contributed by atoms with van der Waals surface area (Å²) >= 11 is 8.98. The van der Waals surface area contributed by atoms with Crippen molar-refractivity contribution in [3.8, 4) is 0 Å². The van der Waals surface area contributed by atoms with Crippen molar-refractivity contribution < 1.29 is 0 Å². The van der Waals surface area contributed by atoms with Gasteiger partial charge in [-0.3, -0.25) is 0 Å². The maximum Gasteiger partial charge on any atom is 0.158 e. The molecule has 0 spiro atoms. The van der Waals surface area contributed by atoms with Crippen molar-refractivity contribution in [2.45, 2.75) is 5.25 Å². The summed E-state index contributed by atoms with van der Waals surface area (Å²) in [5.74, 6) is 4.35. The highest BCUT2D eigenvalue weighted by Crippen LogP contribution is 2.24. The lowest BCUT2D eigenvalue weighted by Crippen LogP contribution is -2.25. The fourth-order valence-corrected chi connectivity index (χ4v) is 4.30. The van der Waals surface area contributed by atoms with Crippen LogP contribution in [0.5, 0.6) is 0 Å². The molecule has 4 nitrogen and oxygen atoms in total. The van der Waals surface area contributed by atoms with Crippen LogP contribution in [0.2, 0.25) is 0 Å². The maximum atomic E-state index is 5.64. The molecule has 7 heteroatoms. The highest BCUT2D eigenvalue weighted by molar-refractivity contribution is 8.06. The Morgan fingerprint density at radius 3 is 3.18 bits per heavy atom. The largest absolute Gasteiger partial charge is 0.389 e. The summed E-state index contributed by atoms with van der Waals surface area (Å²) in [6.07, 6.45) is 1.60. The van der Waals surface area contributed by atoms with Crippen LogP contribution in [-0.4, -0.2) is 44.2 Å². The number of hydrogen-bond acceptors (Lipinski definition) is 6. The molecule has 1 unspecified atom stereocenters. The van der Waals surface area contributed by atoms with Crippen molar-refractivity contribution in [3.05, 3.63) is 17.8 Å². The fraction of sp³-hybridized carbons (Fsp3) is 0.500. The number of thiocarbonyl (C=S) groups is 1. The van der Waals surface area contributed by atoms with Gasteiger partial charge in [0, 0.05) is 29.1 Å². The summed E-state index contributed by atoms with van der Waals surface area (Å²) < 4.78 is 0. The molecule has 0 amide bonds. The van der Waals surface area contributed by atoms with E-state index in [0.29, 0.717) is 16.1 Å². The van der Waals surface area contributed by atoms with E-state index < -0.39 is 0 Å². The average Bonchev–Trinajstić information content (AvgIpc) is 2.38. The Morgan fingerprint density at radius 1 is 1.59 bits per heavy atom. The van der Waals surface area contributed by atoms with Crippen LogP contribution in [0.15, 0.2) is 12.3 Å². The van der Waals surface area contributed by atoms with E-state index >= 15 is 0 Å². The van der Waals surface area contributed by atoms with Gasteiger partial charge in [0.05, 0.1) is 11.8 Å². The van der Waals surface area contributed by atoms with Gasteiger partial charge in [0.1, 0.15) is 4.99 Å². The fourth-order valence-electron chi connectivity index (χ4n) is 1.53. The molecule has 1 aromatic rings. The number of hydrogen-bond donors (Lipinski definition) is 2. The summed E-state index contributed by atoms with van der Waals surface area (Å²) in [4.78, 5) is 0.355. The number of anilines is 1. The van der Waals surface area contributed by atoms with Gasteiger partial charge in [-0.2, -0.15) is 28.6 Å².